The Morgan fingerprint density at radius 2 is 2.15 bits per heavy atom. The number of hydrogen-bond donors (Lipinski definition) is 1. The fourth-order valence-electron chi connectivity index (χ4n) is 2.42. The second-order valence-electron chi connectivity index (χ2n) is 4.92. The minimum absolute atomic E-state index is 0.269. The van der Waals surface area contributed by atoms with Crippen LogP contribution in [-0.2, 0) is 11.3 Å². The van der Waals surface area contributed by atoms with Crippen molar-refractivity contribution in [1.82, 2.24) is 9.80 Å². The van der Waals surface area contributed by atoms with E-state index in [4.69, 9.17) is 16.7 Å². The molecule has 108 valence electrons. The van der Waals surface area contributed by atoms with E-state index in [1.807, 2.05) is 18.2 Å². The molecule has 0 aliphatic carbocycles. The zero-order valence-electron chi connectivity index (χ0n) is 11.3. The zero-order chi connectivity index (χ0) is 14.7. The molecule has 0 spiro atoms. The summed E-state index contributed by atoms with van der Waals surface area (Å²) in [5.41, 5.74) is 0.844. The quantitative estimate of drug-likeness (QED) is 0.932. The third-order valence-electron chi connectivity index (χ3n) is 3.48. The normalized spacial score (nSPS) is 18.1. The van der Waals surface area contributed by atoms with Gasteiger partial charge in [0, 0.05) is 25.2 Å². The average molecular weight is 297 g/mol. The fraction of sp³-hybridized carbons (Fsp3) is 0.429. The standard InChI is InChI=1S/C14H17ClN2O3/c1-16(9-10-5-2-3-6-11(10)15)14(20)17-8-4-7-12(17)13(18)19/h2-3,5-6,12H,4,7-9H2,1H3,(H,18,19)/t12-/m1/s1. The first-order valence-corrected chi connectivity index (χ1v) is 6.86. The molecule has 1 fully saturated rings. The van der Waals surface area contributed by atoms with Gasteiger partial charge in [0.2, 0.25) is 0 Å². The lowest BCUT2D eigenvalue weighted by Crippen LogP contribution is -2.46. The van der Waals surface area contributed by atoms with Gasteiger partial charge in [-0.2, -0.15) is 0 Å². The number of carbonyl (C=O) groups excluding carboxylic acids is 1. The summed E-state index contributed by atoms with van der Waals surface area (Å²) in [6.45, 7) is 0.851. The number of hydrogen-bond acceptors (Lipinski definition) is 2. The number of rotatable bonds is 3. The summed E-state index contributed by atoms with van der Waals surface area (Å²) in [6, 6.07) is 6.32. The Kier molecular flexibility index (Phi) is 4.49. The van der Waals surface area contributed by atoms with Crippen molar-refractivity contribution in [2.45, 2.75) is 25.4 Å². The fourth-order valence-corrected chi connectivity index (χ4v) is 2.62. The highest BCUT2D eigenvalue weighted by Crippen LogP contribution is 2.21. The molecule has 1 atom stereocenters. The van der Waals surface area contributed by atoms with E-state index in [1.54, 1.807) is 13.1 Å². The molecule has 0 radical (unpaired) electrons. The van der Waals surface area contributed by atoms with Crippen LogP contribution in [0.5, 0.6) is 0 Å². The SMILES string of the molecule is CN(Cc1ccccc1Cl)C(=O)N1CCC[C@@H]1C(=O)O. The van der Waals surface area contributed by atoms with Crippen LogP contribution in [0, 0.1) is 0 Å². The van der Waals surface area contributed by atoms with Crippen LogP contribution >= 0.6 is 11.6 Å². The Hall–Kier alpha value is -1.75. The highest BCUT2D eigenvalue weighted by Gasteiger charge is 2.35. The Balaban J connectivity index is 2.05. The van der Waals surface area contributed by atoms with Gasteiger partial charge in [-0.1, -0.05) is 29.8 Å². The molecule has 0 unspecified atom stereocenters. The first-order valence-electron chi connectivity index (χ1n) is 6.48. The second kappa shape index (κ2) is 6.13. The summed E-state index contributed by atoms with van der Waals surface area (Å²) in [7, 11) is 1.66. The molecule has 0 aromatic heterocycles. The van der Waals surface area contributed by atoms with Gasteiger partial charge in [0.1, 0.15) is 6.04 Å². The van der Waals surface area contributed by atoms with Gasteiger partial charge in [0.25, 0.3) is 0 Å². The predicted molar refractivity (Wildman–Crippen MR) is 75.7 cm³/mol. The first-order chi connectivity index (χ1) is 9.50. The molecule has 2 rings (SSSR count). The monoisotopic (exact) mass is 296 g/mol. The lowest BCUT2D eigenvalue weighted by molar-refractivity contribution is -0.141. The molecule has 5 nitrogen and oxygen atoms in total. The number of halogens is 1. The molecule has 0 saturated carbocycles. The lowest BCUT2D eigenvalue weighted by atomic mass is 10.2. The summed E-state index contributed by atoms with van der Waals surface area (Å²) in [5.74, 6) is -0.943. The summed E-state index contributed by atoms with van der Waals surface area (Å²) in [4.78, 5) is 26.4. The first kappa shape index (κ1) is 14.7. The van der Waals surface area contributed by atoms with Gasteiger partial charge in [-0.05, 0) is 24.5 Å². The van der Waals surface area contributed by atoms with E-state index < -0.39 is 12.0 Å². The van der Waals surface area contributed by atoms with Crippen molar-refractivity contribution in [3.8, 4) is 0 Å². The number of amides is 2. The van der Waals surface area contributed by atoms with Crippen LogP contribution in [-0.4, -0.2) is 46.5 Å². The van der Waals surface area contributed by atoms with E-state index in [1.165, 1.54) is 9.80 Å². The molecule has 20 heavy (non-hydrogen) atoms. The van der Waals surface area contributed by atoms with Crippen molar-refractivity contribution in [3.05, 3.63) is 34.9 Å². The van der Waals surface area contributed by atoms with E-state index in [-0.39, 0.29) is 6.03 Å². The van der Waals surface area contributed by atoms with Crippen molar-refractivity contribution in [2.24, 2.45) is 0 Å². The van der Waals surface area contributed by atoms with Gasteiger partial charge in [-0.15, -0.1) is 0 Å². The second-order valence-corrected chi connectivity index (χ2v) is 5.33. The molecular weight excluding hydrogens is 280 g/mol. The van der Waals surface area contributed by atoms with Gasteiger partial charge in [-0.3, -0.25) is 0 Å². The van der Waals surface area contributed by atoms with Gasteiger partial charge in [0.05, 0.1) is 0 Å². The Bertz CT molecular complexity index is 521. The van der Waals surface area contributed by atoms with E-state index in [0.717, 1.165) is 12.0 Å². The molecular formula is C14H17ClN2O3. The Morgan fingerprint density at radius 1 is 1.45 bits per heavy atom. The average Bonchev–Trinajstić information content (AvgIpc) is 2.89. The Morgan fingerprint density at radius 3 is 2.80 bits per heavy atom. The lowest BCUT2D eigenvalue weighted by Gasteiger charge is -2.27. The number of benzene rings is 1. The highest BCUT2D eigenvalue weighted by molar-refractivity contribution is 6.31. The van der Waals surface area contributed by atoms with Crippen molar-refractivity contribution >= 4 is 23.6 Å². The van der Waals surface area contributed by atoms with Crippen LogP contribution in [0.2, 0.25) is 5.02 Å². The van der Waals surface area contributed by atoms with Crippen LogP contribution in [0.3, 0.4) is 0 Å². The van der Waals surface area contributed by atoms with Crippen molar-refractivity contribution in [1.29, 1.82) is 0 Å². The van der Waals surface area contributed by atoms with Crippen LogP contribution in [0.1, 0.15) is 18.4 Å². The molecule has 1 heterocycles. The molecule has 1 aromatic carbocycles. The number of likely N-dealkylation sites (tertiary alicyclic amines) is 1. The van der Waals surface area contributed by atoms with Gasteiger partial charge >= 0.3 is 12.0 Å². The maximum Gasteiger partial charge on any atom is 0.326 e. The van der Waals surface area contributed by atoms with Crippen LogP contribution in [0.25, 0.3) is 0 Å². The van der Waals surface area contributed by atoms with Gasteiger partial charge in [0.15, 0.2) is 0 Å². The van der Waals surface area contributed by atoms with E-state index in [2.05, 4.69) is 0 Å². The van der Waals surface area contributed by atoms with Crippen LogP contribution in [0.15, 0.2) is 24.3 Å². The van der Waals surface area contributed by atoms with Gasteiger partial charge < -0.3 is 14.9 Å². The highest BCUT2D eigenvalue weighted by atomic mass is 35.5. The zero-order valence-corrected chi connectivity index (χ0v) is 12.0. The maximum absolute atomic E-state index is 12.3. The number of carbonyl (C=O) groups is 2. The molecule has 1 aromatic rings. The van der Waals surface area contributed by atoms with Crippen LogP contribution in [0.4, 0.5) is 4.79 Å². The maximum atomic E-state index is 12.3. The molecule has 1 saturated heterocycles. The molecule has 0 bridgehead atoms. The Labute approximate surface area is 122 Å². The number of carboxylic acid groups (broad SMARTS) is 1. The molecule has 2 amide bonds. The van der Waals surface area contributed by atoms with E-state index >= 15 is 0 Å². The smallest absolute Gasteiger partial charge is 0.326 e. The molecule has 6 heteroatoms. The van der Waals surface area contributed by atoms with Crippen molar-refractivity contribution < 1.29 is 14.7 Å². The van der Waals surface area contributed by atoms with Crippen molar-refractivity contribution in [3.63, 3.8) is 0 Å². The van der Waals surface area contributed by atoms with Crippen LogP contribution < -0.4 is 0 Å². The minimum Gasteiger partial charge on any atom is -0.480 e. The molecule has 1 aliphatic heterocycles. The number of aliphatic carboxylic acids is 1. The van der Waals surface area contributed by atoms with Gasteiger partial charge in [-0.25, -0.2) is 9.59 Å². The number of urea groups is 1. The largest absolute Gasteiger partial charge is 0.480 e. The topological polar surface area (TPSA) is 60.9 Å². The molecule has 1 N–H and O–H groups in total. The van der Waals surface area contributed by atoms with E-state index in [9.17, 15) is 9.59 Å². The molecule has 1 aliphatic rings. The summed E-state index contributed by atoms with van der Waals surface area (Å²) in [5, 5.41) is 9.71. The van der Waals surface area contributed by atoms with E-state index in [0.29, 0.717) is 24.5 Å². The third-order valence-corrected chi connectivity index (χ3v) is 3.84. The number of carboxylic acids is 1. The summed E-state index contributed by atoms with van der Waals surface area (Å²) in [6.07, 6.45) is 1.24. The minimum atomic E-state index is -0.943. The number of nitrogens with zero attached hydrogens (tertiary/aromatic N) is 2. The predicted octanol–water partition coefficient (Wildman–Crippen LogP) is 2.44. The van der Waals surface area contributed by atoms with Crippen molar-refractivity contribution in [2.75, 3.05) is 13.6 Å². The summed E-state index contributed by atoms with van der Waals surface area (Å²) < 4.78 is 0. The third kappa shape index (κ3) is 3.04. The summed E-state index contributed by atoms with van der Waals surface area (Å²) >= 11 is 6.07.